The average molecular weight is 652 g/mol. The third-order valence-corrected chi connectivity index (χ3v) is 8.52. The van der Waals surface area contributed by atoms with Crippen molar-refractivity contribution in [3.63, 3.8) is 0 Å². The molecule has 7 aromatic carbocycles. The van der Waals surface area contributed by atoms with E-state index in [1.54, 1.807) is 36.4 Å². The number of hydrogen-bond donors (Lipinski definition) is 0. The summed E-state index contributed by atoms with van der Waals surface area (Å²) < 4.78 is 72.2. The van der Waals surface area contributed by atoms with Gasteiger partial charge in [-0.15, -0.1) is 0 Å². The van der Waals surface area contributed by atoms with Crippen molar-refractivity contribution in [1.82, 2.24) is 15.0 Å². The molecule has 236 valence electrons. The Kier molecular flexibility index (Phi) is 7.41. The van der Waals surface area contributed by atoms with Gasteiger partial charge in [0.05, 0.1) is 5.56 Å². The zero-order valence-corrected chi connectivity index (χ0v) is 25.4. The van der Waals surface area contributed by atoms with Gasteiger partial charge in [0.25, 0.3) is 0 Å². The first-order valence-corrected chi connectivity index (χ1v) is 15.3. The molecule has 8 heteroatoms. The lowest BCUT2D eigenvalue weighted by atomic mass is 9.90. The molecule has 0 aliphatic carbocycles. The van der Waals surface area contributed by atoms with Crippen LogP contribution in [-0.2, 0) is 0 Å². The molecule has 0 aliphatic rings. The fourth-order valence-corrected chi connectivity index (χ4v) is 6.12. The summed E-state index contributed by atoms with van der Waals surface area (Å²) in [5, 5.41) is 4.04. The van der Waals surface area contributed by atoms with Crippen LogP contribution in [0.5, 0.6) is 0 Å². The second-order valence-corrected chi connectivity index (χ2v) is 11.5. The van der Waals surface area contributed by atoms with Gasteiger partial charge in [-0.25, -0.2) is 36.9 Å². The Morgan fingerprint density at radius 2 is 0.837 bits per heavy atom. The topological polar surface area (TPSA) is 38.7 Å². The number of hydrogen-bond acceptors (Lipinski definition) is 3. The molecule has 3 nitrogen and oxygen atoms in total. The highest BCUT2D eigenvalue weighted by atomic mass is 19.2. The molecule has 8 aromatic rings. The predicted octanol–water partition coefficient (Wildman–Crippen LogP) is 11.2. The Hall–Kier alpha value is -6.28. The van der Waals surface area contributed by atoms with Crippen LogP contribution in [0.25, 0.3) is 78.0 Å². The molecule has 0 fully saturated rings. The van der Waals surface area contributed by atoms with Gasteiger partial charge in [-0.2, -0.15) is 0 Å². The fraction of sp³-hybridized carbons (Fsp3) is 0. The van der Waals surface area contributed by atoms with Crippen molar-refractivity contribution in [2.75, 3.05) is 0 Å². The molecule has 0 radical (unpaired) electrons. The van der Waals surface area contributed by atoms with Gasteiger partial charge in [0.1, 0.15) is 0 Å². The van der Waals surface area contributed by atoms with Crippen molar-refractivity contribution >= 4 is 21.5 Å². The zero-order chi connectivity index (χ0) is 33.6. The number of rotatable bonds is 5. The summed E-state index contributed by atoms with van der Waals surface area (Å²) in [6, 6.07) is 42.7. The Morgan fingerprint density at radius 3 is 1.57 bits per heavy atom. The van der Waals surface area contributed by atoms with E-state index in [9.17, 15) is 22.0 Å². The Labute approximate surface area is 277 Å². The molecule has 0 unspecified atom stereocenters. The first-order chi connectivity index (χ1) is 23.9. The van der Waals surface area contributed by atoms with Gasteiger partial charge in [0.15, 0.2) is 40.7 Å². The Morgan fingerprint density at radius 1 is 0.327 bits per heavy atom. The number of benzene rings is 7. The number of halogens is 5. The maximum absolute atomic E-state index is 14.9. The fourth-order valence-electron chi connectivity index (χ4n) is 6.12. The van der Waals surface area contributed by atoms with Gasteiger partial charge in [0, 0.05) is 11.1 Å². The van der Waals surface area contributed by atoms with Crippen molar-refractivity contribution in [2.45, 2.75) is 0 Å². The smallest absolute Gasteiger partial charge is 0.200 e. The van der Waals surface area contributed by atoms with Crippen LogP contribution in [-0.4, -0.2) is 15.0 Å². The van der Waals surface area contributed by atoms with Crippen LogP contribution in [0.1, 0.15) is 0 Å². The Bertz CT molecular complexity index is 2540. The van der Waals surface area contributed by atoms with Crippen LogP contribution in [0.4, 0.5) is 22.0 Å². The minimum absolute atomic E-state index is 0.0000669. The SMILES string of the molecule is Fc1c(F)c(F)c(-c2nc(-c3ccccc3)nc(-c3ccc4cc(-c5ccccc5-c5cccc6ccccc56)ccc4c3)n2)c(F)c1F. The van der Waals surface area contributed by atoms with E-state index >= 15 is 0 Å². The van der Waals surface area contributed by atoms with E-state index < -0.39 is 40.5 Å². The molecule has 0 aliphatic heterocycles. The summed E-state index contributed by atoms with van der Waals surface area (Å²) in [6.07, 6.45) is 0. The van der Waals surface area contributed by atoms with E-state index in [1.807, 2.05) is 48.5 Å². The lowest BCUT2D eigenvalue weighted by Crippen LogP contribution is -2.08. The van der Waals surface area contributed by atoms with Crippen LogP contribution in [0.2, 0.25) is 0 Å². The minimum atomic E-state index is -2.26. The normalized spacial score (nSPS) is 11.4. The molecule has 49 heavy (non-hydrogen) atoms. The molecular formula is C41H22F5N3. The van der Waals surface area contributed by atoms with Gasteiger partial charge < -0.3 is 0 Å². The molecule has 0 atom stereocenters. The molecule has 0 N–H and O–H groups in total. The maximum atomic E-state index is 14.9. The molecule has 0 saturated carbocycles. The van der Waals surface area contributed by atoms with Crippen molar-refractivity contribution in [2.24, 2.45) is 0 Å². The van der Waals surface area contributed by atoms with Gasteiger partial charge in [0.2, 0.25) is 5.82 Å². The molecule has 0 spiro atoms. The second kappa shape index (κ2) is 12.1. The second-order valence-electron chi connectivity index (χ2n) is 11.5. The van der Waals surface area contributed by atoms with Crippen LogP contribution in [0.3, 0.4) is 0 Å². The average Bonchev–Trinajstić information content (AvgIpc) is 3.16. The monoisotopic (exact) mass is 651 g/mol. The third-order valence-electron chi connectivity index (χ3n) is 8.52. The van der Waals surface area contributed by atoms with E-state index in [4.69, 9.17) is 0 Å². The van der Waals surface area contributed by atoms with Crippen molar-refractivity contribution < 1.29 is 22.0 Å². The van der Waals surface area contributed by atoms with E-state index in [2.05, 4.69) is 63.5 Å². The Balaban J connectivity index is 1.25. The van der Waals surface area contributed by atoms with Crippen molar-refractivity contribution in [3.05, 3.63) is 163 Å². The first kappa shape index (κ1) is 30.1. The largest absolute Gasteiger partial charge is 0.208 e. The summed E-state index contributed by atoms with van der Waals surface area (Å²) >= 11 is 0. The number of fused-ring (bicyclic) bond motifs is 2. The summed E-state index contributed by atoms with van der Waals surface area (Å²) in [4.78, 5) is 12.9. The molecule has 0 amide bonds. The summed E-state index contributed by atoms with van der Waals surface area (Å²) in [6.45, 7) is 0. The van der Waals surface area contributed by atoms with Gasteiger partial charge in [-0.1, -0.05) is 121 Å². The van der Waals surface area contributed by atoms with Gasteiger partial charge >= 0.3 is 0 Å². The van der Waals surface area contributed by atoms with Gasteiger partial charge in [-0.3, -0.25) is 0 Å². The number of nitrogens with zero attached hydrogens (tertiary/aromatic N) is 3. The van der Waals surface area contributed by atoms with E-state index in [1.165, 1.54) is 0 Å². The summed E-state index contributed by atoms with van der Waals surface area (Å²) in [5.41, 5.74) is 3.97. The lowest BCUT2D eigenvalue weighted by Gasteiger charge is -2.14. The lowest BCUT2D eigenvalue weighted by molar-refractivity contribution is 0.381. The van der Waals surface area contributed by atoms with Gasteiger partial charge in [-0.05, 0) is 55.9 Å². The van der Waals surface area contributed by atoms with E-state index in [0.29, 0.717) is 11.1 Å². The molecule has 1 aromatic heterocycles. The summed E-state index contributed by atoms with van der Waals surface area (Å²) in [5.74, 6) is -11.2. The van der Waals surface area contributed by atoms with Crippen LogP contribution in [0.15, 0.2) is 133 Å². The standard InChI is InChI=1S/C41H22F5N3/c42-34-33(35(43)37(45)38(46)36(34)44)41-48-39(24-10-2-1-3-11-24)47-40(49-41)28-20-18-25-21-27(19-17-26(25)22-28)30-14-6-7-15-31(30)32-16-8-12-23-9-4-5-13-29(23)32/h1-22H. The maximum Gasteiger partial charge on any atom is 0.200 e. The highest BCUT2D eigenvalue weighted by Crippen LogP contribution is 2.38. The predicted molar refractivity (Wildman–Crippen MR) is 182 cm³/mol. The van der Waals surface area contributed by atoms with Crippen molar-refractivity contribution in [3.8, 4) is 56.4 Å². The molecule has 1 heterocycles. The van der Waals surface area contributed by atoms with Crippen LogP contribution in [0, 0.1) is 29.1 Å². The third kappa shape index (κ3) is 5.27. The van der Waals surface area contributed by atoms with Crippen LogP contribution >= 0.6 is 0 Å². The first-order valence-electron chi connectivity index (χ1n) is 15.3. The molecule has 8 rings (SSSR count). The molecular weight excluding hydrogens is 629 g/mol. The summed E-state index contributed by atoms with van der Waals surface area (Å²) in [7, 11) is 0. The number of aromatic nitrogens is 3. The van der Waals surface area contributed by atoms with E-state index in [-0.39, 0.29) is 11.6 Å². The highest BCUT2D eigenvalue weighted by Gasteiger charge is 2.29. The van der Waals surface area contributed by atoms with Crippen molar-refractivity contribution in [1.29, 1.82) is 0 Å². The van der Waals surface area contributed by atoms with Crippen LogP contribution < -0.4 is 0 Å². The quantitative estimate of drug-likeness (QED) is 0.106. The minimum Gasteiger partial charge on any atom is -0.208 e. The molecule has 0 saturated heterocycles. The highest BCUT2D eigenvalue weighted by molar-refractivity contribution is 6.01. The zero-order valence-electron chi connectivity index (χ0n) is 25.4. The molecule has 0 bridgehead atoms. The van der Waals surface area contributed by atoms with E-state index in [0.717, 1.165) is 43.8 Å².